The number of halogens is 1. The Morgan fingerprint density at radius 3 is 2.47 bits per heavy atom. The molecule has 0 aliphatic carbocycles. The molecule has 182 valence electrons. The monoisotopic (exact) mass is 483 g/mol. The molecule has 0 spiro atoms. The van der Waals surface area contributed by atoms with Gasteiger partial charge in [-0.1, -0.05) is 42.5 Å². The van der Waals surface area contributed by atoms with Crippen molar-refractivity contribution in [2.45, 2.75) is 24.9 Å². The highest BCUT2D eigenvalue weighted by molar-refractivity contribution is 6.01. The molecule has 4 aromatic rings. The standard InChI is InChI=1S/C29H26FN3O3/c1-29-27-26(22-5-3-4-6-24(22)31-27)23(19-9-13-21(36-2)14-10-19)16-33(29)25(34)17-32(28(29)35)15-18-7-11-20(30)12-8-18/h3-14,23,31H,15-17H2,1-2H3/t23-,29+/m1/s1. The summed E-state index contributed by atoms with van der Waals surface area (Å²) in [4.78, 5) is 34.5. The Balaban J connectivity index is 1.48. The molecule has 1 fully saturated rings. The average molecular weight is 484 g/mol. The minimum atomic E-state index is -1.17. The van der Waals surface area contributed by atoms with Gasteiger partial charge in [-0.25, -0.2) is 4.39 Å². The first-order chi connectivity index (χ1) is 17.4. The number of aromatic nitrogens is 1. The van der Waals surface area contributed by atoms with Crippen LogP contribution in [0.1, 0.15) is 35.2 Å². The van der Waals surface area contributed by atoms with Crippen LogP contribution in [-0.2, 0) is 21.7 Å². The van der Waals surface area contributed by atoms with Crippen molar-refractivity contribution in [1.82, 2.24) is 14.8 Å². The number of aromatic amines is 1. The number of carbonyl (C=O) groups excluding carboxylic acids is 2. The first-order valence-corrected chi connectivity index (χ1v) is 12.0. The van der Waals surface area contributed by atoms with Crippen LogP contribution in [0.5, 0.6) is 5.75 Å². The lowest BCUT2D eigenvalue weighted by molar-refractivity contribution is -0.166. The second kappa shape index (κ2) is 8.22. The largest absolute Gasteiger partial charge is 0.497 e. The van der Waals surface area contributed by atoms with Crippen molar-refractivity contribution >= 4 is 22.7 Å². The molecule has 2 aliphatic rings. The fourth-order valence-corrected chi connectivity index (χ4v) is 5.75. The lowest BCUT2D eigenvalue weighted by Gasteiger charge is -2.51. The summed E-state index contributed by atoms with van der Waals surface area (Å²) >= 11 is 0. The van der Waals surface area contributed by atoms with Crippen molar-refractivity contribution in [2.24, 2.45) is 0 Å². The summed E-state index contributed by atoms with van der Waals surface area (Å²) < 4.78 is 18.8. The van der Waals surface area contributed by atoms with Crippen LogP contribution in [-0.4, -0.2) is 46.8 Å². The number of benzene rings is 3. The maximum atomic E-state index is 14.1. The van der Waals surface area contributed by atoms with Gasteiger partial charge in [-0.2, -0.15) is 0 Å². The van der Waals surface area contributed by atoms with Gasteiger partial charge in [-0.05, 0) is 53.9 Å². The number of piperazine rings is 1. The summed E-state index contributed by atoms with van der Waals surface area (Å²) in [5.74, 6) is 0.0710. The van der Waals surface area contributed by atoms with Crippen molar-refractivity contribution in [1.29, 1.82) is 0 Å². The second-order valence-electron chi connectivity index (χ2n) is 9.65. The number of ether oxygens (including phenoxy) is 1. The van der Waals surface area contributed by atoms with Crippen LogP contribution in [0.25, 0.3) is 10.9 Å². The van der Waals surface area contributed by atoms with E-state index in [0.717, 1.165) is 39.0 Å². The van der Waals surface area contributed by atoms with E-state index in [0.29, 0.717) is 6.54 Å². The number of methoxy groups -OCH3 is 1. The molecule has 2 atom stereocenters. The molecule has 0 bridgehead atoms. The lowest BCUT2D eigenvalue weighted by Crippen LogP contribution is -2.67. The van der Waals surface area contributed by atoms with E-state index in [-0.39, 0.29) is 36.6 Å². The lowest BCUT2D eigenvalue weighted by atomic mass is 9.76. The summed E-state index contributed by atoms with van der Waals surface area (Å²) in [6, 6.07) is 21.9. The smallest absolute Gasteiger partial charge is 0.255 e. The third-order valence-electron chi connectivity index (χ3n) is 7.62. The van der Waals surface area contributed by atoms with Gasteiger partial charge in [0.05, 0.1) is 12.8 Å². The van der Waals surface area contributed by atoms with Crippen LogP contribution in [0, 0.1) is 5.82 Å². The number of fused-ring (bicyclic) bond motifs is 5. The molecule has 2 aliphatic heterocycles. The molecule has 6 rings (SSSR count). The number of nitrogens with one attached hydrogen (secondary N) is 1. The Morgan fingerprint density at radius 1 is 1.03 bits per heavy atom. The topological polar surface area (TPSA) is 65.6 Å². The van der Waals surface area contributed by atoms with E-state index in [1.54, 1.807) is 29.0 Å². The molecule has 3 aromatic carbocycles. The van der Waals surface area contributed by atoms with Gasteiger partial charge in [0.25, 0.3) is 5.91 Å². The Hall–Kier alpha value is -4.13. The molecule has 0 radical (unpaired) electrons. The highest BCUT2D eigenvalue weighted by atomic mass is 19.1. The summed E-state index contributed by atoms with van der Waals surface area (Å²) in [7, 11) is 1.63. The van der Waals surface area contributed by atoms with Gasteiger partial charge in [-0.15, -0.1) is 0 Å². The van der Waals surface area contributed by atoms with E-state index in [2.05, 4.69) is 11.1 Å². The average Bonchev–Trinajstić information content (AvgIpc) is 3.29. The Kier molecular flexibility index (Phi) is 5.10. The van der Waals surface area contributed by atoms with Gasteiger partial charge in [0.15, 0.2) is 5.54 Å². The third kappa shape index (κ3) is 3.30. The molecular formula is C29H26FN3O3. The Labute approximate surface area is 208 Å². The first kappa shape index (κ1) is 22.3. The van der Waals surface area contributed by atoms with E-state index in [1.165, 1.54) is 12.1 Å². The molecule has 0 unspecified atom stereocenters. The molecule has 7 heteroatoms. The van der Waals surface area contributed by atoms with Crippen LogP contribution in [0.4, 0.5) is 4.39 Å². The molecule has 1 saturated heterocycles. The first-order valence-electron chi connectivity index (χ1n) is 12.0. The number of amides is 2. The second-order valence-corrected chi connectivity index (χ2v) is 9.65. The quantitative estimate of drug-likeness (QED) is 0.463. The van der Waals surface area contributed by atoms with Crippen molar-refractivity contribution in [3.63, 3.8) is 0 Å². The Morgan fingerprint density at radius 2 is 1.75 bits per heavy atom. The molecular weight excluding hydrogens is 457 g/mol. The fraction of sp³-hybridized carbons (Fsp3) is 0.241. The van der Waals surface area contributed by atoms with Gasteiger partial charge in [-0.3, -0.25) is 9.59 Å². The van der Waals surface area contributed by atoms with E-state index in [1.807, 2.05) is 49.4 Å². The fourth-order valence-electron chi connectivity index (χ4n) is 5.75. The number of carbonyl (C=O) groups is 2. The summed E-state index contributed by atoms with van der Waals surface area (Å²) in [5.41, 5.74) is 3.38. The zero-order chi connectivity index (χ0) is 25.0. The third-order valence-corrected chi connectivity index (χ3v) is 7.62. The molecule has 1 aromatic heterocycles. The number of H-pyrrole nitrogens is 1. The van der Waals surface area contributed by atoms with E-state index < -0.39 is 5.54 Å². The van der Waals surface area contributed by atoms with Crippen LogP contribution in [0.15, 0.2) is 72.8 Å². The summed E-state index contributed by atoms with van der Waals surface area (Å²) in [6.45, 7) is 2.46. The molecule has 1 N–H and O–H groups in total. The van der Waals surface area contributed by atoms with Crippen LogP contribution >= 0.6 is 0 Å². The van der Waals surface area contributed by atoms with Gasteiger partial charge in [0, 0.05) is 29.9 Å². The SMILES string of the molecule is COc1ccc([C@H]2CN3C(=O)CN(Cc4ccc(F)cc4)C(=O)[C@]3(C)c3[nH]c4ccccc4c32)cc1. The molecule has 6 nitrogen and oxygen atoms in total. The van der Waals surface area contributed by atoms with Crippen molar-refractivity contribution in [3.8, 4) is 5.75 Å². The van der Waals surface area contributed by atoms with Gasteiger partial charge in [0.2, 0.25) is 5.91 Å². The molecule has 3 heterocycles. The van der Waals surface area contributed by atoms with E-state index >= 15 is 0 Å². The normalized spacial score (nSPS) is 21.5. The maximum absolute atomic E-state index is 14.1. The highest BCUT2D eigenvalue weighted by Crippen LogP contribution is 2.48. The Bertz CT molecular complexity index is 1480. The number of rotatable bonds is 4. The number of nitrogens with zero attached hydrogens (tertiary/aromatic N) is 2. The van der Waals surface area contributed by atoms with Crippen LogP contribution in [0.2, 0.25) is 0 Å². The predicted octanol–water partition coefficient (Wildman–Crippen LogP) is 4.55. The van der Waals surface area contributed by atoms with Crippen LogP contribution < -0.4 is 4.74 Å². The predicted molar refractivity (Wildman–Crippen MR) is 134 cm³/mol. The van der Waals surface area contributed by atoms with E-state index in [9.17, 15) is 14.0 Å². The van der Waals surface area contributed by atoms with E-state index in [4.69, 9.17) is 4.74 Å². The van der Waals surface area contributed by atoms with Crippen LogP contribution in [0.3, 0.4) is 0 Å². The van der Waals surface area contributed by atoms with Crippen molar-refractivity contribution in [2.75, 3.05) is 20.2 Å². The van der Waals surface area contributed by atoms with Crippen molar-refractivity contribution < 1.29 is 18.7 Å². The minimum Gasteiger partial charge on any atom is -0.497 e. The maximum Gasteiger partial charge on any atom is 0.255 e. The van der Waals surface area contributed by atoms with Gasteiger partial charge >= 0.3 is 0 Å². The summed E-state index contributed by atoms with van der Waals surface area (Å²) in [6.07, 6.45) is 0. The van der Waals surface area contributed by atoms with Crippen molar-refractivity contribution in [3.05, 3.63) is 101 Å². The minimum absolute atomic E-state index is 0.0172. The number of hydrogen-bond donors (Lipinski definition) is 1. The molecule has 36 heavy (non-hydrogen) atoms. The van der Waals surface area contributed by atoms with Gasteiger partial charge in [0.1, 0.15) is 18.1 Å². The zero-order valence-corrected chi connectivity index (χ0v) is 20.1. The molecule has 0 saturated carbocycles. The van der Waals surface area contributed by atoms with Gasteiger partial charge < -0.3 is 19.5 Å². The summed E-state index contributed by atoms with van der Waals surface area (Å²) in [5, 5.41) is 1.05. The highest BCUT2D eigenvalue weighted by Gasteiger charge is 2.56. The molecule has 2 amide bonds. The number of hydrogen-bond acceptors (Lipinski definition) is 3. The number of para-hydroxylation sites is 1. The zero-order valence-electron chi connectivity index (χ0n) is 20.1.